The second-order valence-electron chi connectivity index (χ2n) is 6.19. The van der Waals surface area contributed by atoms with Crippen LogP contribution in [0.3, 0.4) is 0 Å². The highest BCUT2D eigenvalue weighted by Crippen LogP contribution is 2.27. The molecular weight excluding hydrogens is 311 g/mol. The van der Waals surface area contributed by atoms with E-state index in [0.29, 0.717) is 30.6 Å². The van der Waals surface area contributed by atoms with Crippen molar-refractivity contribution in [2.24, 2.45) is 11.8 Å². The van der Waals surface area contributed by atoms with Crippen LogP contribution in [0.2, 0.25) is 0 Å². The number of urea groups is 2. The zero-order chi connectivity index (χ0) is 17.4. The molecule has 0 saturated heterocycles. The van der Waals surface area contributed by atoms with Crippen LogP contribution in [-0.2, 0) is 0 Å². The molecule has 132 valence electrons. The van der Waals surface area contributed by atoms with Crippen LogP contribution in [0.4, 0.5) is 19.7 Å². The molecule has 1 fully saturated rings. The molecule has 4 amide bonds. The molecular formula is C17H25FN4O2. The largest absolute Gasteiger partial charge is 0.341 e. The van der Waals surface area contributed by atoms with Gasteiger partial charge in [0.1, 0.15) is 5.82 Å². The topological polar surface area (TPSA) is 82.3 Å². The van der Waals surface area contributed by atoms with E-state index in [9.17, 15) is 14.0 Å². The molecule has 0 bridgehead atoms. The number of carbonyl (C=O) groups excluding carboxylic acids is 2. The van der Waals surface area contributed by atoms with Crippen molar-refractivity contribution in [1.29, 1.82) is 0 Å². The Morgan fingerprint density at radius 2 is 1.46 bits per heavy atom. The number of carbonyl (C=O) groups is 2. The highest BCUT2D eigenvalue weighted by atomic mass is 19.1. The van der Waals surface area contributed by atoms with Gasteiger partial charge in [0.15, 0.2) is 0 Å². The van der Waals surface area contributed by atoms with Gasteiger partial charge in [-0.1, -0.05) is 0 Å². The average Bonchev–Trinajstić information content (AvgIpc) is 2.60. The number of nitrogens with one attached hydrogen (secondary N) is 4. The molecule has 0 spiro atoms. The number of hydrogen-bond donors (Lipinski definition) is 4. The molecule has 0 unspecified atom stereocenters. The highest BCUT2D eigenvalue weighted by Gasteiger charge is 2.21. The maximum Gasteiger partial charge on any atom is 0.319 e. The maximum absolute atomic E-state index is 12.8. The first kappa shape index (κ1) is 18.0. The van der Waals surface area contributed by atoms with Gasteiger partial charge in [-0.15, -0.1) is 0 Å². The molecule has 6 nitrogen and oxygen atoms in total. The molecule has 0 heterocycles. The third-order valence-electron chi connectivity index (χ3n) is 4.40. The first-order chi connectivity index (χ1) is 11.6. The third kappa shape index (κ3) is 6.06. The van der Waals surface area contributed by atoms with E-state index in [2.05, 4.69) is 21.3 Å². The molecule has 1 aromatic carbocycles. The van der Waals surface area contributed by atoms with E-state index in [0.717, 1.165) is 25.7 Å². The van der Waals surface area contributed by atoms with Crippen molar-refractivity contribution in [3.8, 4) is 0 Å². The molecule has 1 aliphatic carbocycles. The van der Waals surface area contributed by atoms with E-state index in [-0.39, 0.29) is 17.9 Å². The molecule has 0 aromatic heterocycles. The number of rotatable bonds is 5. The summed E-state index contributed by atoms with van der Waals surface area (Å²) in [6.07, 6.45) is 4.18. The van der Waals surface area contributed by atoms with E-state index in [1.807, 2.05) is 0 Å². The SMILES string of the molecule is CNC(=O)NCC1CCC(CNC(=O)Nc2ccc(F)cc2)CC1. The van der Waals surface area contributed by atoms with Crippen LogP contribution in [0.1, 0.15) is 25.7 Å². The van der Waals surface area contributed by atoms with Gasteiger partial charge in [0.25, 0.3) is 0 Å². The van der Waals surface area contributed by atoms with Crippen molar-refractivity contribution < 1.29 is 14.0 Å². The van der Waals surface area contributed by atoms with Gasteiger partial charge in [-0.25, -0.2) is 14.0 Å². The minimum Gasteiger partial charge on any atom is -0.341 e. The zero-order valence-corrected chi connectivity index (χ0v) is 13.9. The molecule has 1 aromatic rings. The summed E-state index contributed by atoms with van der Waals surface area (Å²) in [4.78, 5) is 23.0. The van der Waals surface area contributed by atoms with Crippen molar-refractivity contribution in [3.63, 3.8) is 0 Å². The van der Waals surface area contributed by atoms with Crippen molar-refractivity contribution in [2.75, 3.05) is 25.5 Å². The Labute approximate surface area is 141 Å². The van der Waals surface area contributed by atoms with Crippen LogP contribution >= 0.6 is 0 Å². The molecule has 1 saturated carbocycles. The van der Waals surface area contributed by atoms with Crippen LogP contribution in [0.5, 0.6) is 0 Å². The number of benzene rings is 1. The first-order valence-corrected chi connectivity index (χ1v) is 8.33. The summed E-state index contributed by atoms with van der Waals surface area (Å²) in [5.74, 6) is 0.635. The minimum absolute atomic E-state index is 0.142. The second-order valence-corrected chi connectivity index (χ2v) is 6.19. The molecule has 0 radical (unpaired) electrons. The van der Waals surface area contributed by atoms with Crippen LogP contribution < -0.4 is 21.3 Å². The first-order valence-electron chi connectivity index (χ1n) is 8.33. The third-order valence-corrected chi connectivity index (χ3v) is 4.40. The van der Waals surface area contributed by atoms with Gasteiger partial charge < -0.3 is 21.3 Å². The van der Waals surface area contributed by atoms with E-state index < -0.39 is 0 Å². The summed E-state index contributed by atoms with van der Waals surface area (Å²) in [6, 6.07) is 5.26. The lowest BCUT2D eigenvalue weighted by atomic mass is 9.82. The standard InChI is InChI=1S/C17H25FN4O2/c1-19-16(23)20-10-12-2-4-13(5-3-12)11-21-17(24)22-15-8-6-14(18)7-9-15/h6-9,12-13H,2-5,10-11H2,1H3,(H2,19,20,23)(H2,21,22,24). The van der Waals surface area contributed by atoms with Gasteiger partial charge >= 0.3 is 12.1 Å². The fourth-order valence-corrected chi connectivity index (χ4v) is 2.91. The van der Waals surface area contributed by atoms with Gasteiger partial charge in [0.2, 0.25) is 0 Å². The Morgan fingerprint density at radius 3 is 1.96 bits per heavy atom. The summed E-state index contributed by atoms with van der Waals surface area (Å²) in [6.45, 7) is 1.33. The van der Waals surface area contributed by atoms with Crippen molar-refractivity contribution in [1.82, 2.24) is 16.0 Å². The predicted octanol–water partition coefficient (Wildman–Crippen LogP) is 2.68. The normalized spacial score (nSPS) is 20.1. The number of halogens is 1. The molecule has 2 rings (SSSR count). The Hall–Kier alpha value is -2.31. The molecule has 0 aliphatic heterocycles. The van der Waals surface area contributed by atoms with Crippen molar-refractivity contribution in [2.45, 2.75) is 25.7 Å². The number of anilines is 1. The number of hydrogen-bond acceptors (Lipinski definition) is 2. The Balaban J connectivity index is 1.62. The summed E-state index contributed by atoms with van der Waals surface area (Å²) in [7, 11) is 1.61. The summed E-state index contributed by atoms with van der Waals surface area (Å²) >= 11 is 0. The maximum atomic E-state index is 12.8. The molecule has 24 heavy (non-hydrogen) atoms. The molecule has 7 heteroatoms. The Bertz CT molecular complexity index is 542. The fourth-order valence-electron chi connectivity index (χ4n) is 2.91. The highest BCUT2D eigenvalue weighted by molar-refractivity contribution is 5.89. The fraction of sp³-hybridized carbons (Fsp3) is 0.529. The summed E-state index contributed by atoms with van der Waals surface area (Å²) in [5, 5.41) is 10.9. The molecule has 4 N–H and O–H groups in total. The van der Waals surface area contributed by atoms with Gasteiger partial charge in [-0.2, -0.15) is 0 Å². The monoisotopic (exact) mass is 336 g/mol. The number of amides is 4. The van der Waals surface area contributed by atoms with E-state index in [1.54, 1.807) is 7.05 Å². The Kier molecular flexibility index (Phi) is 6.84. The summed E-state index contributed by atoms with van der Waals surface area (Å²) in [5.41, 5.74) is 0.567. The van der Waals surface area contributed by atoms with Crippen LogP contribution in [-0.4, -0.2) is 32.2 Å². The lowest BCUT2D eigenvalue weighted by Crippen LogP contribution is -2.38. The van der Waals surface area contributed by atoms with Crippen molar-refractivity contribution in [3.05, 3.63) is 30.1 Å². The van der Waals surface area contributed by atoms with E-state index in [4.69, 9.17) is 0 Å². The quantitative estimate of drug-likeness (QED) is 0.667. The zero-order valence-electron chi connectivity index (χ0n) is 13.9. The predicted molar refractivity (Wildman–Crippen MR) is 91.3 cm³/mol. The second kappa shape index (κ2) is 9.10. The van der Waals surface area contributed by atoms with Crippen LogP contribution in [0.25, 0.3) is 0 Å². The Morgan fingerprint density at radius 1 is 0.958 bits per heavy atom. The summed E-state index contributed by atoms with van der Waals surface area (Å²) < 4.78 is 12.8. The van der Waals surface area contributed by atoms with Crippen LogP contribution in [0, 0.1) is 17.7 Å². The van der Waals surface area contributed by atoms with Gasteiger partial charge in [0, 0.05) is 25.8 Å². The van der Waals surface area contributed by atoms with Gasteiger partial charge in [-0.05, 0) is 61.8 Å². The lowest BCUT2D eigenvalue weighted by Gasteiger charge is -2.28. The smallest absolute Gasteiger partial charge is 0.319 e. The van der Waals surface area contributed by atoms with Gasteiger partial charge in [-0.3, -0.25) is 0 Å². The lowest BCUT2D eigenvalue weighted by molar-refractivity contribution is 0.228. The average molecular weight is 336 g/mol. The van der Waals surface area contributed by atoms with Crippen molar-refractivity contribution >= 4 is 17.7 Å². The molecule has 1 aliphatic rings. The minimum atomic E-state index is -0.330. The van der Waals surface area contributed by atoms with E-state index in [1.165, 1.54) is 24.3 Å². The van der Waals surface area contributed by atoms with Gasteiger partial charge in [0.05, 0.1) is 0 Å². The van der Waals surface area contributed by atoms with E-state index >= 15 is 0 Å². The van der Waals surface area contributed by atoms with Crippen LogP contribution in [0.15, 0.2) is 24.3 Å². The molecule has 0 atom stereocenters.